The average Bonchev–Trinajstić information content (AvgIpc) is 2.47. The Morgan fingerprint density at radius 1 is 1.25 bits per heavy atom. The first-order valence-corrected chi connectivity index (χ1v) is 4.86. The smallest absolute Gasteiger partial charge is 0.123 e. The van der Waals surface area contributed by atoms with Gasteiger partial charge in [0, 0.05) is 24.3 Å². The molecule has 2 N–H and O–H groups in total. The van der Waals surface area contributed by atoms with Crippen LogP contribution in [0.2, 0.25) is 0 Å². The van der Waals surface area contributed by atoms with Gasteiger partial charge in [0.25, 0.3) is 0 Å². The van der Waals surface area contributed by atoms with Gasteiger partial charge >= 0.3 is 0 Å². The van der Waals surface area contributed by atoms with E-state index < -0.39 is 0 Å². The second kappa shape index (κ2) is 5.71. The Morgan fingerprint density at radius 2 is 1.81 bits per heavy atom. The Labute approximate surface area is 108 Å². The molecule has 1 heterocycles. The van der Waals surface area contributed by atoms with Gasteiger partial charge in [0.05, 0.1) is 0 Å². The number of nitrogens with zero attached hydrogens (tertiary/aromatic N) is 1. The molecule has 0 amide bonds. The van der Waals surface area contributed by atoms with E-state index in [2.05, 4.69) is 11.8 Å². The van der Waals surface area contributed by atoms with E-state index in [9.17, 15) is 4.39 Å². The number of anilines is 1. The molecule has 0 aromatic heterocycles. The normalized spacial score (nSPS) is 23.6. The van der Waals surface area contributed by atoms with Gasteiger partial charge in [0.2, 0.25) is 0 Å². The van der Waals surface area contributed by atoms with Crippen molar-refractivity contribution in [3.8, 4) is 0 Å². The van der Waals surface area contributed by atoms with E-state index in [0.29, 0.717) is 0 Å². The van der Waals surface area contributed by atoms with E-state index in [1.54, 1.807) is 12.1 Å². The zero-order valence-corrected chi connectivity index (χ0v) is 10.8. The molecular formula is C11H17Cl2FN2. The second-order valence-electron chi connectivity index (χ2n) is 4.30. The highest BCUT2D eigenvalue weighted by Crippen LogP contribution is 2.24. The minimum atomic E-state index is -0.191. The summed E-state index contributed by atoms with van der Waals surface area (Å²) in [5.41, 5.74) is 6.97. The van der Waals surface area contributed by atoms with Crippen molar-refractivity contribution in [2.45, 2.75) is 18.9 Å². The number of rotatable bonds is 1. The van der Waals surface area contributed by atoms with Gasteiger partial charge in [-0.05, 0) is 37.6 Å². The average molecular weight is 267 g/mol. The number of halogens is 3. The molecule has 1 fully saturated rings. The third kappa shape index (κ3) is 3.51. The maximum absolute atomic E-state index is 12.7. The molecule has 0 saturated carbocycles. The number of nitrogens with two attached hydrogens (primary N) is 1. The van der Waals surface area contributed by atoms with Crippen molar-refractivity contribution < 1.29 is 4.39 Å². The molecule has 92 valence electrons. The summed E-state index contributed by atoms with van der Waals surface area (Å²) in [6, 6.07) is 6.58. The third-order valence-corrected chi connectivity index (χ3v) is 2.70. The zero-order valence-electron chi connectivity index (χ0n) is 9.15. The summed E-state index contributed by atoms with van der Waals surface area (Å²) in [6.07, 6.45) is 0.990. The van der Waals surface area contributed by atoms with Crippen molar-refractivity contribution in [3.63, 3.8) is 0 Å². The molecule has 0 spiro atoms. The van der Waals surface area contributed by atoms with Crippen molar-refractivity contribution >= 4 is 30.5 Å². The van der Waals surface area contributed by atoms with Gasteiger partial charge in [0.1, 0.15) is 5.82 Å². The molecule has 1 aliphatic heterocycles. The van der Waals surface area contributed by atoms with Crippen LogP contribution >= 0.6 is 24.8 Å². The Kier molecular flexibility index (Phi) is 5.53. The Hall–Kier alpha value is -0.510. The van der Waals surface area contributed by atoms with E-state index in [1.807, 2.05) is 0 Å². The largest absolute Gasteiger partial charge is 0.370 e. The molecule has 1 atom stereocenters. The van der Waals surface area contributed by atoms with E-state index in [4.69, 9.17) is 5.73 Å². The van der Waals surface area contributed by atoms with Crippen LogP contribution in [0.15, 0.2) is 24.3 Å². The van der Waals surface area contributed by atoms with Gasteiger partial charge in [-0.15, -0.1) is 24.8 Å². The standard InChI is InChI=1S/C11H15FN2.2ClH/c1-11(13)6-7-14(8-11)10-4-2-9(12)3-5-10;;/h2-5H,6-8,13H2,1H3;2*1H. The lowest BCUT2D eigenvalue weighted by molar-refractivity contribution is 0.525. The monoisotopic (exact) mass is 266 g/mol. The summed E-state index contributed by atoms with van der Waals surface area (Å²) in [4.78, 5) is 2.19. The number of hydrogen-bond acceptors (Lipinski definition) is 2. The molecule has 1 aliphatic rings. The van der Waals surface area contributed by atoms with Crippen LogP contribution in [0.25, 0.3) is 0 Å². The molecular weight excluding hydrogens is 250 g/mol. The minimum absolute atomic E-state index is 0. The molecule has 1 aromatic carbocycles. The van der Waals surface area contributed by atoms with Crippen LogP contribution < -0.4 is 10.6 Å². The lowest BCUT2D eigenvalue weighted by atomic mass is 10.0. The molecule has 2 nitrogen and oxygen atoms in total. The molecule has 1 saturated heterocycles. The molecule has 5 heteroatoms. The summed E-state index contributed by atoms with van der Waals surface area (Å²) in [5.74, 6) is -0.191. The first kappa shape index (κ1) is 15.5. The van der Waals surface area contributed by atoms with Crippen LogP contribution in [0.5, 0.6) is 0 Å². The van der Waals surface area contributed by atoms with Crippen LogP contribution in [0.1, 0.15) is 13.3 Å². The lowest BCUT2D eigenvalue weighted by Crippen LogP contribution is -2.39. The summed E-state index contributed by atoms with van der Waals surface area (Å²) in [6.45, 7) is 3.85. The maximum Gasteiger partial charge on any atom is 0.123 e. The number of benzene rings is 1. The molecule has 0 aliphatic carbocycles. The van der Waals surface area contributed by atoms with Gasteiger partial charge < -0.3 is 10.6 Å². The predicted molar refractivity (Wildman–Crippen MR) is 70.3 cm³/mol. The van der Waals surface area contributed by atoms with Crippen LogP contribution in [0, 0.1) is 5.82 Å². The highest BCUT2D eigenvalue weighted by atomic mass is 35.5. The number of hydrogen-bond donors (Lipinski definition) is 1. The van der Waals surface area contributed by atoms with E-state index in [-0.39, 0.29) is 36.2 Å². The van der Waals surface area contributed by atoms with E-state index >= 15 is 0 Å². The van der Waals surface area contributed by atoms with Crippen LogP contribution in [0.4, 0.5) is 10.1 Å². The molecule has 2 rings (SSSR count). The van der Waals surface area contributed by atoms with Gasteiger partial charge in [0.15, 0.2) is 0 Å². The predicted octanol–water partition coefficient (Wildman–Crippen LogP) is 2.60. The van der Waals surface area contributed by atoms with Crippen molar-refractivity contribution in [1.29, 1.82) is 0 Å². The molecule has 0 bridgehead atoms. The highest BCUT2D eigenvalue weighted by Gasteiger charge is 2.29. The van der Waals surface area contributed by atoms with Crippen molar-refractivity contribution in [2.75, 3.05) is 18.0 Å². The lowest BCUT2D eigenvalue weighted by Gasteiger charge is -2.21. The van der Waals surface area contributed by atoms with E-state index in [0.717, 1.165) is 25.2 Å². The zero-order chi connectivity index (χ0) is 10.2. The fourth-order valence-corrected chi connectivity index (χ4v) is 1.86. The Bertz CT molecular complexity index is 327. The summed E-state index contributed by atoms with van der Waals surface area (Å²) < 4.78 is 12.7. The topological polar surface area (TPSA) is 29.3 Å². The van der Waals surface area contributed by atoms with E-state index in [1.165, 1.54) is 12.1 Å². The van der Waals surface area contributed by atoms with Gasteiger partial charge in [-0.2, -0.15) is 0 Å². The SMILES string of the molecule is CC1(N)CCN(c2ccc(F)cc2)C1.Cl.Cl. The van der Waals surface area contributed by atoms with Gasteiger partial charge in [-0.1, -0.05) is 0 Å². The van der Waals surface area contributed by atoms with Crippen LogP contribution in [-0.2, 0) is 0 Å². The highest BCUT2D eigenvalue weighted by molar-refractivity contribution is 5.85. The molecule has 0 radical (unpaired) electrons. The minimum Gasteiger partial charge on any atom is -0.370 e. The maximum atomic E-state index is 12.7. The molecule has 16 heavy (non-hydrogen) atoms. The van der Waals surface area contributed by atoms with Gasteiger partial charge in [-0.3, -0.25) is 0 Å². The van der Waals surface area contributed by atoms with Crippen LogP contribution in [-0.4, -0.2) is 18.6 Å². The Morgan fingerprint density at radius 3 is 2.25 bits per heavy atom. The fourth-order valence-electron chi connectivity index (χ4n) is 1.86. The first-order valence-electron chi connectivity index (χ1n) is 4.86. The summed E-state index contributed by atoms with van der Waals surface area (Å²) in [7, 11) is 0. The van der Waals surface area contributed by atoms with Crippen molar-refractivity contribution in [3.05, 3.63) is 30.1 Å². The fraction of sp³-hybridized carbons (Fsp3) is 0.455. The molecule has 1 aromatic rings. The third-order valence-electron chi connectivity index (χ3n) is 2.70. The first-order chi connectivity index (χ1) is 6.57. The summed E-state index contributed by atoms with van der Waals surface area (Å²) >= 11 is 0. The second-order valence-corrected chi connectivity index (χ2v) is 4.30. The molecule has 1 unspecified atom stereocenters. The summed E-state index contributed by atoms with van der Waals surface area (Å²) in [5, 5.41) is 0. The van der Waals surface area contributed by atoms with Crippen molar-refractivity contribution in [1.82, 2.24) is 0 Å². The van der Waals surface area contributed by atoms with Crippen LogP contribution in [0.3, 0.4) is 0 Å². The van der Waals surface area contributed by atoms with Crippen molar-refractivity contribution in [2.24, 2.45) is 5.73 Å². The Balaban J connectivity index is 0.00000112. The quantitative estimate of drug-likeness (QED) is 0.847. The van der Waals surface area contributed by atoms with Gasteiger partial charge in [-0.25, -0.2) is 4.39 Å².